The lowest BCUT2D eigenvalue weighted by molar-refractivity contribution is -0.137. The minimum Gasteiger partial charge on any atom is -0.344 e. The Kier molecular flexibility index (Phi) is 7.82. The first-order chi connectivity index (χ1) is 18.0. The molecule has 0 saturated carbocycles. The number of thioether (sulfide) groups is 1. The molecule has 1 saturated heterocycles. The van der Waals surface area contributed by atoms with Crippen molar-refractivity contribution in [3.05, 3.63) is 78.4 Å². The van der Waals surface area contributed by atoms with Gasteiger partial charge in [-0.1, -0.05) is 48.5 Å². The Morgan fingerprint density at radius 3 is 2.32 bits per heavy atom. The molecule has 0 spiro atoms. The monoisotopic (exact) mass is 514 g/mol. The number of nitrogens with one attached hydrogen (secondary N) is 1. The second kappa shape index (κ2) is 11.4. The van der Waals surface area contributed by atoms with Crippen molar-refractivity contribution < 1.29 is 9.59 Å². The number of amides is 2. The van der Waals surface area contributed by atoms with E-state index in [9.17, 15) is 9.59 Å². The normalized spacial score (nSPS) is 15.2. The highest BCUT2D eigenvalue weighted by Crippen LogP contribution is 2.32. The molecule has 1 aliphatic rings. The first kappa shape index (κ1) is 25.4. The minimum atomic E-state index is -0.546. The van der Waals surface area contributed by atoms with Crippen molar-refractivity contribution >= 4 is 45.4 Å². The third-order valence-corrected chi connectivity index (χ3v) is 8.17. The minimum absolute atomic E-state index is 0.00530. The van der Waals surface area contributed by atoms with Crippen molar-refractivity contribution in [3.63, 3.8) is 0 Å². The van der Waals surface area contributed by atoms with Crippen LogP contribution in [0.1, 0.15) is 19.4 Å². The summed E-state index contributed by atoms with van der Waals surface area (Å²) >= 11 is 1.62. The van der Waals surface area contributed by atoms with Gasteiger partial charge in [-0.15, -0.1) is 11.8 Å². The van der Waals surface area contributed by atoms with Crippen molar-refractivity contribution in [3.8, 4) is 0 Å². The van der Waals surface area contributed by atoms with E-state index in [2.05, 4.69) is 88.4 Å². The van der Waals surface area contributed by atoms with Crippen molar-refractivity contribution in [1.82, 2.24) is 19.7 Å². The number of fused-ring (bicyclic) bond motifs is 3. The number of para-hydroxylation sites is 1. The lowest BCUT2D eigenvalue weighted by atomic mass is 10.1. The molecule has 0 aliphatic carbocycles. The largest absolute Gasteiger partial charge is 0.344 e. The summed E-state index contributed by atoms with van der Waals surface area (Å²) in [6, 6.07) is 24.9. The smallest absolute Gasteiger partial charge is 0.246 e. The highest BCUT2D eigenvalue weighted by molar-refractivity contribution is 7.99. The summed E-state index contributed by atoms with van der Waals surface area (Å²) in [6.45, 7) is 8.47. The molecule has 0 radical (unpaired) electrons. The zero-order valence-electron chi connectivity index (χ0n) is 21.5. The molecule has 2 amide bonds. The van der Waals surface area contributed by atoms with Crippen LogP contribution in [-0.4, -0.2) is 64.2 Å². The molecule has 0 bridgehead atoms. The van der Waals surface area contributed by atoms with Gasteiger partial charge in [-0.3, -0.25) is 14.5 Å². The molecule has 2 heterocycles. The van der Waals surface area contributed by atoms with Gasteiger partial charge in [-0.05, 0) is 36.8 Å². The van der Waals surface area contributed by atoms with Crippen molar-refractivity contribution in [2.45, 2.75) is 37.9 Å². The van der Waals surface area contributed by atoms with Gasteiger partial charge in [0.25, 0.3) is 0 Å². The molecule has 3 aromatic carbocycles. The highest BCUT2D eigenvalue weighted by Gasteiger charge is 2.28. The molecule has 1 atom stereocenters. The van der Waals surface area contributed by atoms with Gasteiger partial charge < -0.3 is 14.8 Å². The number of benzene rings is 3. The summed E-state index contributed by atoms with van der Waals surface area (Å²) < 4.78 is 2.33. The van der Waals surface area contributed by atoms with E-state index >= 15 is 0 Å². The summed E-state index contributed by atoms with van der Waals surface area (Å²) in [7, 11) is 0. The van der Waals surface area contributed by atoms with E-state index in [4.69, 9.17) is 0 Å². The molecular weight excluding hydrogens is 480 g/mol. The second-order valence-corrected chi connectivity index (χ2v) is 10.7. The number of rotatable bonds is 8. The van der Waals surface area contributed by atoms with E-state index < -0.39 is 6.04 Å². The van der Waals surface area contributed by atoms with Crippen LogP contribution in [0.2, 0.25) is 0 Å². The average Bonchev–Trinajstić information content (AvgIpc) is 3.24. The molecule has 37 heavy (non-hydrogen) atoms. The van der Waals surface area contributed by atoms with Crippen LogP contribution in [0.25, 0.3) is 21.8 Å². The maximum atomic E-state index is 13.4. The average molecular weight is 515 g/mol. The zero-order chi connectivity index (χ0) is 25.8. The van der Waals surface area contributed by atoms with Crippen LogP contribution >= 0.6 is 11.8 Å². The standard InChI is InChI=1S/C30H34N4O2S/c1-3-34-28-12-8-7-11-25(28)26-19-24(13-14-29(26)34)37-21-27(31-22(2)35)30(36)33-17-15-32(16-18-33)20-23-9-5-4-6-10-23/h4-14,19,27H,3,15-18,20-21H2,1-2H3,(H,31,35). The van der Waals surface area contributed by atoms with E-state index in [0.29, 0.717) is 18.8 Å². The van der Waals surface area contributed by atoms with Crippen LogP contribution in [0, 0.1) is 0 Å². The fourth-order valence-electron chi connectivity index (χ4n) is 5.25. The Bertz CT molecular complexity index is 1390. The van der Waals surface area contributed by atoms with Gasteiger partial charge in [0.05, 0.1) is 0 Å². The first-order valence-corrected chi connectivity index (χ1v) is 14.0. The SMILES string of the molecule is CCn1c2ccccc2c2cc(SCC(NC(C)=O)C(=O)N3CCN(Cc4ccccc4)CC3)ccc21. The summed E-state index contributed by atoms with van der Waals surface area (Å²) in [5.41, 5.74) is 3.74. The Hall–Kier alpha value is -3.29. The van der Waals surface area contributed by atoms with Gasteiger partial charge in [0.1, 0.15) is 6.04 Å². The maximum Gasteiger partial charge on any atom is 0.246 e. The predicted molar refractivity (Wildman–Crippen MR) is 152 cm³/mol. The number of piperazine rings is 1. The van der Waals surface area contributed by atoms with Gasteiger partial charge in [0.2, 0.25) is 11.8 Å². The van der Waals surface area contributed by atoms with E-state index in [1.807, 2.05) is 11.0 Å². The Morgan fingerprint density at radius 1 is 0.892 bits per heavy atom. The van der Waals surface area contributed by atoms with Crippen molar-refractivity contribution in [2.24, 2.45) is 0 Å². The van der Waals surface area contributed by atoms with E-state index in [0.717, 1.165) is 31.1 Å². The molecule has 1 aliphatic heterocycles. The molecule has 4 aromatic rings. The van der Waals surface area contributed by atoms with Gasteiger partial charge in [-0.25, -0.2) is 0 Å². The molecule has 1 fully saturated rings. The number of carbonyl (C=O) groups is 2. The van der Waals surface area contributed by atoms with E-state index in [1.54, 1.807) is 11.8 Å². The number of hydrogen-bond acceptors (Lipinski definition) is 4. The van der Waals surface area contributed by atoms with Crippen LogP contribution in [0.15, 0.2) is 77.7 Å². The third kappa shape index (κ3) is 5.68. The van der Waals surface area contributed by atoms with Crippen LogP contribution in [0.5, 0.6) is 0 Å². The maximum absolute atomic E-state index is 13.4. The molecule has 1 N–H and O–H groups in total. The van der Waals surface area contributed by atoms with Gasteiger partial charge >= 0.3 is 0 Å². The predicted octanol–water partition coefficient (Wildman–Crippen LogP) is 4.76. The quantitative estimate of drug-likeness (QED) is 0.345. The number of hydrogen-bond donors (Lipinski definition) is 1. The van der Waals surface area contributed by atoms with Crippen molar-refractivity contribution in [1.29, 1.82) is 0 Å². The Morgan fingerprint density at radius 2 is 1.59 bits per heavy atom. The molecule has 1 unspecified atom stereocenters. The Balaban J connectivity index is 1.25. The topological polar surface area (TPSA) is 57.6 Å². The molecular formula is C30H34N4O2S. The lowest BCUT2D eigenvalue weighted by Gasteiger charge is -2.36. The number of carbonyl (C=O) groups excluding carboxylic acids is 2. The number of nitrogens with zero attached hydrogens (tertiary/aromatic N) is 3. The van der Waals surface area contributed by atoms with Crippen LogP contribution in [0.4, 0.5) is 0 Å². The van der Waals surface area contributed by atoms with Crippen molar-refractivity contribution in [2.75, 3.05) is 31.9 Å². The highest BCUT2D eigenvalue weighted by atomic mass is 32.2. The Labute approximate surface area is 222 Å². The fraction of sp³-hybridized carbons (Fsp3) is 0.333. The fourth-order valence-corrected chi connectivity index (χ4v) is 6.20. The summed E-state index contributed by atoms with van der Waals surface area (Å²) in [5.74, 6) is 0.328. The van der Waals surface area contributed by atoms with E-state index in [1.165, 1.54) is 34.3 Å². The van der Waals surface area contributed by atoms with E-state index in [-0.39, 0.29) is 11.8 Å². The molecule has 5 rings (SSSR count). The zero-order valence-corrected chi connectivity index (χ0v) is 22.3. The number of aromatic nitrogens is 1. The molecule has 1 aromatic heterocycles. The van der Waals surface area contributed by atoms with Gasteiger partial charge in [0.15, 0.2) is 0 Å². The van der Waals surface area contributed by atoms with Crippen LogP contribution < -0.4 is 5.32 Å². The number of aryl methyl sites for hydroxylation is 1. The molecule has 7 heteroatoms. The van der Waals surface area contributed by atoms with Gasteiger partial charge in [0, 0.05) is 78.6 Å². The summed E-state index contributed by atoms with van der Waals surface area (Å²) in [5, 5.41) is 5.37. The summed E-state index contributed by atoms with van der Waals surface area (Å²) in [6.07, 6.45) is 0. The van der Waals surface area contributed by atoms with Crippen LogP contribution in [-0.2, 0) is 22.7 Å². The molecule has 192 valence electrons. The van der Waals surface area contributed by atoms with Crippen LogP contribution in [0.3, 0.4) is 0 Å². The lowest BCUT2D eigenvalue weighted by Crippen LogP contribution is -2.55. The van der Waals surface area contributed by atoms with Gasteiger partial charge in [-0.2, -0.15) is 0 Å². The second-order valence-electron chi connectivity index (χ2n) is 9.59. The summed E-state index contributed by atoms with van der Waals surface area (Å²) in [4.78, 5) is 30.8. The first-order valence-electron chi connectivity index (χ1n) is 13.0. The third-order valence-electron chi connectivity index (χ3n) is 7.09. The molecule has 6 nitrogen and oxygen atoms in total.